The van der Waals surface area contributed by atoms with Crippen molar-refractivity contribution in [3.63, 3.8) is 0 Å². The maximum atomic E-state index is 11.8. The maximum Gasteiger partial charge on any atom is 0.272 e. The number of carbonyl (C=O) groups excluding carboxylic acids is 1. The zero-order valence-electron chi connectivity index (χ0n) is 10.3. The van der Waals surface area contributed by atoms with Crippen molar-refractivity contribution < 1.29 is 9.90 Å². The van der Waals surface area contributed by atoms with Gasteiger partial charge >= 0.3 is 0 Å². The van der Waals surface area contributed by atoms with Gasteiger partial charge in [0.1, 0.15) is 5.75 Å². The number of halogens is 3. The molecule has 0 aliphatic heterocycles. The molecule has 5 nitrogen and oxygen atoms in total. The fourth-order valence-electron chi connectivity index (χ4n) is 1.45. The Kier molecular flexibility index (Phi) is 5.71. The van der Waals surface area contributed by atoms with Crippen molar-refractivity contribution in [1.29, 1.82) is 0 Å². The Morgan fingerprint density at radius 2 is 2.05 bits per heavy atom. The third-order valence-corrected chi connectivity index (χ3v) is 4.11. The smallest absolute Gasteiger partial charge is 0.272 e. The lowest BCUT2D eigenvalue weighted by molar-refractivity contribution is 0.0954. The monoisotopic (exact) mass is 523 g/mol. The van der Waals surface area contributed by atoms with E-state index in [1.807, 2.05) is 22.6 Å². The number of rotatable bonds is 3. The molecule has 0 saturated heterocycles. The number of benzene rings is 1. The lowest BCUT2D eigenvalue weighted by Gasteiger charge is -2.03. The van der Waals surface area contributed by atoms with Gasteiger partial charge in [-0.2, -0.15) is 5.10 Å². The van der Waals surface area contributed by atoms with Gasteiger partial charge in [0, 0.05) is 26.9 Å². The summed E-state index contributed by atoms with van der Waals surface area (Å²) in [7, 11) is 0. The minimum absolute atomic E-state index is 0.112. The highest BCUT2D eigenvalue weighted by Crippen LogP contribution is 2.27. The fraction of sp³-hybridized carbons (Fsp3) is 0. The van der Waals surface area contributed by atoms with Gasteiger partial charge in [-0.3, -0.25) is 9.78 Å². The number of aromatic hydroxyl groups is 1. The van der Waals surface area contributed by atoms with Crippen molar-refractivity contribution in [2.24, 2.45) is 5.10 Å². The molecule has 0 spiro atoms. The van der Waals surface area contributed by atoms with E-state index < -0.39 is 0 Å². The molecule has 0 unspecified atom stereocenters. The Balaban J connectivity index is 2.11. The van der Waals surface area contributed by atoms with Crippen LogP contribution >= 0.6 is 54.5 Å². The molecular weight excluding hydrogens is 517 g/mol. The molecule has 2 N–H and O–H groups in total. The first-order valence-corrected chi connectivity index (χ1v) is 8.26. The molecular formula is C13H8Br2IN3O2. The number of nitrogens with zero attached hydrogens (tertiary/aromatic N) is 2. The standard InChI is InChI=1S/C13H8Br2IN3O2/c14-9-1-7(12(20)11(16)3-9)5-18-19-13(21)8-2-10(15)6-17-4-8/h1-6,20H,(H,19,21)/b18-5-. The molecule has 1 aromatic carbocycles. The molecule has 21 heavy (non-hydrogen) atoms. The van der Waals surface area contributed by atoms with E-state index >= 15 is 0 Å². The second-order valence-corrected chi connectivity index (χ2v) is 6.91. The summed E-state index contributed by atoms with van der Waals surface area (Å²) in [6, 6.07) is 5.12. The number of amides is 1. The van der Waals surface area contributed by atoms with Gasteiger partial charge in [0.2, 0.25) is 0 Å². The number of phenolic OH excluding ortho intramolecular Hbond substituents is 1. The van der Waals surface area contributed by atoms with Gasteiger partial charge < -0.3 is 5.11 Å². The van der Waals surface area contributed by atoms with Crippen molar-refractivity contribution in [3.05, 3.63) is 54.2 Å². The van der Waals surface area contributed by atoms with Crippen LogP contribution in [0.5, 0.6) is 5.75 Å². The third kappa shape index (κ3) is 4.48. The average Bonchev–Trinajstić information content (AvgIpc) is 2.43. The number of hydrogen-bond acceptors (Lipinski definition) is 4. The topological polar surface area (TPSA) is 74.6 Å². The number of hydrogen-bond donors (Lipinski definition) is 2. The summed E-state index contributed by atoms with van der Waals surface area (Å²) in [6.45, 7) is 0. The van der Waals surface area contributed by atoms with Crippen molar-refractivity contribution in [1.82, 2.24) is 10.4 Å². The van der Waals surface area contributed by atoms with Gasteiger partial charge in [0.15, 0.2) is 0 Å². The van der Waals surface area contributed by atoms with Crippen LogP contribution in [-0.2, 0) is 0 Å². The van der Waals surface area contributed by atoms with Crippen molar-refractivity contribution in [2.45, 2.75) is 0 Å². The van der Waals surface area contributed by atoms with Gasteiger partial charge in [0.05, 0.1) is 15.3 Å². The van der Waals surface area contributed by atoms with Crippen LogP contribution in [-0.4, -0.2) is 22.2 Å². The first kappa shape index (κ1) is 16.4. The average molecular weight is 525 g/mol. The minimum atomic E-state index is -0.385. The van der Waals surface area contributed by atoms with E-state index in [4.69, 9.17) is 0 Å². The quantitative estimate of drug-likeness (QED) is 0.365. The number of phenols is 1. The molecule has 0 bridgehead atoms. The summed E-state index contributed by atoms with van der Waals surface area (Å²) in [4.78, 5) is 15.7. The highest BCUT2D eigenvalue weighted by molar-refractivity contribution is 14.1. The Hall–Kier alpha value is -1.00. The first-order valence-electron chi connectivity index (χ1n) is 5.59. The second-order valence-electron chi connectivity index (χ2n) is 3.92. The van der Waals surface area contributed by atoms with Crippen LogP contribution in [0.2, 0.25) is 0 Å². The Morgan fingerprint density at radius 1 is 1.29 bits per heavy atom. The molecule has 108 valence electrons. The van der Waals surface area contributed by atoms with E-state index in [1.54, 1.807) is 24.4 Å². The van der Waals surface area contributed by atoms with Crippen molar-refractivity contribution >= 4 is 66.6 Å². The molecule has 0 fully saturated rings. The van der Waals surface area contributed by atoms with Gasteiger partial charge in [-0.25, -0.2) is 5.43 Å². The van der Waals surface area contributed by atoms with Crippen LogP contribution in [0.3, 0.4) is 0 Å². The maximum absolute atomic E-state index is 11.8. The predicted molar refractivity (Wildman–Crippen MR) is 95.5 cm³/mol. The van der Waals surface area contributed by atoms with Gasteiger partial charge in [-0.15, -0.1) is 0 Å². The summed E-state index contributed by atoms with van der Waals surface area (Å²) in [5.41, 5.74) is 3.27. The highest BCUT2D eigenvalue weighted by Gasteiger charge is 2.07. The van der Waals surface area contributed by atoms with Crippen molar-refractivity contribution in [2.75, 3.05) is 0 Å². The van der Waals surface area contributed by atoms with E-state index in [2.05, 4.69) is 47.4 Å². The van der Waals surface area contributed by atoms with E-state index in [0.29, 0.717) is 19.2 Å². The van der Waals surface area contributed by atoms with Crippen LogP contribution in [0, 0.1) is 3.57 Å². The van der Waals surface area contributed by atoms with Gasteiger partial charge in [0.25, 0.3) is 5.91 Å². The summed E-state index contributed by atoms with van der Waals surface area (Å²) >= 11 is 8.59. The Morgan fingerprint density at radius 3 is 2.76 bits per heavy atom. The molecule has 1 aromatic heterocycles. The van der Waals surface area contributed by atoms with Gasteiger partial charge in [-0.1, -0.05) is 15.9 Å². The van der Waals surface area contributed by atoms with Crippen LogP contribution < -0.4 is 5.43 Å². The molecule has 0 aliphatic carbocycles. The van der Waals surface area contributed by atoms with E-state index in [1.165, 1.54) is 12.4 Å². The number of carbonyl (C=O) groups is 1. The normalized spacial score (nSPS) is 10.8. The molecule has 1 amide bonds. The Labute approximate surface area is 151 Å². The first-order chi connectivity index (χ1) is 9.97. The zero-order chi connectivity index (χ0) is 15.4. The van der Waals surface area contributed by atoms with E-state index in [-0.39, 0.29) is 11.7 Å². The molecule has 2 aromatic rings. The SMILES string of the molecule is O=C(N/N=C\c1cc(Br)cc(I)c1O)c1cncc(Br)c1. The van der Waals surface area contributed by atoms with Crippen LogP contribution in [0.4, 0.5) is 0 Å². The number of nitrogens with one attached hydrogen (secondary N) is 1. The molecule has 0 radical (unpaired) electrons. The van der Waals surface area contributed by atoms with Crippen LogP contribution in [0.1, 0.15) is 15.9 Å². The molecule has 1 heterocycles. The lowest BCUT2D eigenvalue weighted by Crippen LogP contribution is -2.17. The molecule has 0 aliphatic rings. The molecule has 0 atom stereocenters. The van der Waals surface area contributed by atoms with Gasteiger partial charge in [-0.05, 0) is 56.7 Å². The minimum Gasteiger partial charge on any atom is -0.506 e. The summed E-state index contributed by atoms with van der Waals surface area (Å²) in [6.07, 6.45) is 4.40. The fourth-order valence-corrected chi connectivity index (χ4v) is 3.36. The lowest BCUT2D eigenvalue weighted by atomic mass is 10.2. The Bertz CT molecular complexity index is 723. The number of aromatic nitrogens is 1. The zero-order valence-corrected chi connectivity index (χ0v) is 15.7. The highest BCUT2D eigenvalue weighted by atomic mass is 127. The molecule has 2 rings (SSSR count). The summed E-state index contributed by atoms with van der Waals surface area (Å²) in [5, 5.41) is 13.7. The van der Waals surface area contributed by atoms with Crippen LogP contribution in [0.15, 0.2) is 44.6 Å². The molecule has 8 heteroatoms. The second kappa shape index (κ2) is 7.32. The predicted octanol–water partition coefficient (Wildman–Crippen LogP) is 3.68. The largest absolute Gasteiger partial charge is 0.506 e. The van der Waals surface area contributed by atoms with Crippen LogP contribution in [0.25, 0.3) is 0 Å². The third-order valence-electron chi connectivity index (χ3n) is 2.39. The summed E-state index contributed by atoms with van der Waals surface area (Å²) < 4.78 is 2.21. The number of pyridine rings is 1. The van der Waals surface area contributed by atoms with Crippen molar-refractivity contribution in [3.8, 4) is 5.75 Å². The molecule has 0 saturated carbocycles. The van der Waals surface area contributed by atoms with E-state index in [9.17, 15) is 9.90 Å². The summed E-state index contributed by atoms with van der Waals surface area (Å²) in [5.74, 6) is -0.273. The number of hydrazone groups is 1. The van der Waals surface area contributed by atoms with E-state index in [0.717, 1.165) is 4.47 Å².